The third-order valence-electron chi connectivity index (χ3n) is 11.6. The molecule has 27 heteroatoms. The molecule has 0 saturated carbocycles. The number of nitrogens with zero attached hydrogens (tertiary/aromatic N) is 5. The Hall–Kier alpha value is -8.20. The fraction of sp³-hybridized carbons (Fsp3) is 0.391. The van der Waals surface area contributed by atoms with Crippen molar-refractivity contribution in [3.8, 4) is 0 Å². The maximum absolute atomic E-state index is 14.8. The van der Waals surface area contributed by atoms with Crippen LogP contribution in [0.25, 0.3) is 21.8 Å². The van der Waals surface area contributed by atoms with Gasteiger partial charge in [-0.25, -0.2) is 0 Å². The standard InChI is InChI=1S/C46H65BrN20O6/c47-27-22-61-67(23-27)24-37(43(73)65-35(18-25-20-59-31-11-3-1-8-28(25)31)41(71)62-33(38(49)68)13-6-16-57-45(52)53)66-42(72)36(19-26-21-60-32-12-4-2-9-29(26)32)64-40(70)34(14-7-17-58-46(54)55)63-39(69)30(48)10-5-15-56-44(50)51/h1-4,8-9,11-12,20-23,30,33-37,59-60H,5-7,10,13-19,24,48H2,(H2,49,68)(H,62,71)(H,63,69)(H,64,70)(H,65,73)(H,66,72)(H4,50,51,56)(H4,52,53,57)(H4,54,55,58)/t30-,33-,34-,35-,36-,37-/m0/s1. The van der Waals surface area contributed by atoms with E-state index in [1.54, 1.807) is 18.6 Å². The van der Waals surface area contributed by atoms with Crippen LogP contribution in [-0.4, -0.2) is 129 Å². The van der Waals surface area contributed by atoms with Crippen molar-refractivity contribution in [2.45, 2.75) is 94.2 Å². The number of halogens is 1. The zero-order valence-corrected chi connectivity index (χ0v) is 41.6. The lowest BCUT2D eigenvalue weighted by molar-refractivity contribution is -0.135. The second-order valence-electron chi connectivity index (χ2n) is 17.2. The van der Waals surface area contributed by atoms with Gasteiger partial charge < -0.3 is 82.4 Å². The fourth-order valence-electron chi connectivity index (χ4n) is 7.86. The Kier molecular flexibility index (Phi) is 20.9. The molecular formula is C46H65BrN20O6. The van der Waals surface area contributed by atoms with E-state index >= 15 is 0 Å². The van der Waals surface area contributed by atoms with Crippen LogP contribution >= 0.6 is 15.9 Å². The summed E-state index contributed by atoms with van der Waals surface area (Å²) in [5, 5.41) is 19.6. The average Bonchev–Trinajstić information content (AvgIpc) is 4.08. The van der Waals surface area contributed by atoms with Gasteiger partial charge in [0.2, 0.25) is 35.4 Å². The molecule has 5 rings (SSSR count). The van der Waals surface area contributed by atoms with E-state index < -0.39 is 71.7 Å². The molecule has 0 saturated heterocycles. The van der Waals surface area contributed by atoms with Crippen molar-refractivity contribution in [3.05, 3.63) is 88.9 Å². The molecule has 3 heterocycles. The van der Waals surface area contributed by atoms with Crippen LogP contribution in [0.3, 0.4) is 0 Å². The van der Waals surface area contributed by atoms with E-state index in [2.05, 4.69) is 72.6 Å². The summed E-state index contributed by atoms with van der Waals surface area (Å²) in [4.78, 5) is 103. The first kappa shape index (κ1) is 55.7. The number of H-pyrrole nitrogens is 2. The number of aromatic amines is 2. The van der Waals surface area contributed by atoms with Crippen molar-refractivity contribution in [1.82, 2.24) is 46.3 Å². The van der Waals surface area contributed by atoms with Gasteiger partial charge >= 0.3 is 0 Å². The van der Waals surface area contributed by atoms with Gasteiger partial charge in [0.05, 0.1) is 23.3 Å². The van der Waals surface area contributed by atoms with Crippen LogP contribution in [0.2, 0.25) is 0 Å². The molecule has 2 aromatic carbocycles. The number of benzene rings is 2. The van der Waals surface area contributed by atoms with Crippen molar-refractivity contribution in [2.24, 2.45) is 60.8 Å². The number of hydrogen-bond donors (Lipinski definition) is 15. The van der Waals surface area contributed by atoms with E-state index in [0.29, 0.717) is 22.0 Å². The van der Waals surface area contributed by atoms with Gasteiger partial charge in [0, 0.05) is 72.9 Å². The third-order valence-corrected chi connectivity index (χ3v) is 12.0. The summed E-state index contributed by atoms with van der Waals surface area (Å²) < 4.78 is 1.97. The van der Waals surface area contributed by atoms with E-state index in [1.807, 2.05) is 48.5 Å². The lowest BCUT2D eigenvalue weighted by atomic mass is 10.0. The molecule has 0 radical (unpaired) electrons. The Labute approximate surface area is 428 Å². The predicted molar refractivity (Wildman–Crippen MR) is 280 cm³/mol. The SMILES string of the molecule is NC(=O)[C@H](CCCN=C(N)N)NC(=O)[C@H](Cc1c[nH]c2ccccc12)NC(=O)[C@H](Cn1cc(Br)cn1)NC(=O)[C@H](Cc1c[nH]c2ccccc12)NC(=O)[C@H](CCCN=C(N)N)NC(=O)[C@@H](N)CCCN=C(N)N. The van der Waals surface area contributed by atoms with Crippen molar-refractivity contribution in [2.75, 3.05) is 19.6 Å². The summed E-state index contributed by atoms with van der Waals surface area (Å²) in [6.07, 6.45) is 7.50. The first-order valence-electron chi connectivity index (χ1n) is 23.4. The van der Waals surface area contributed by atoms with E-state index in [-0.39, 0.29) is 89.0 Å². The highest BCUT2D eigenvalue weighted by molar-refractivity contribution is 9.10. The molecule has 0 spiro atoms. The second-order valence-corrected chi connectivity index (χ2v) is 18.1. The Morgan fingerprint density at radius 1 is 0.562 bits per heavy atom. The molecule has 6 atom stereocenters. The summed E-state index contributed by atoms with van der Waals surface area (Å²) in [6, 6.07) is 7.10. The van der Waals surface area contributed by atoms with Gasteiger partial charge in [0.25, 0.3) is 0 Å². The molecule has 23 N–H and O–H groups in total. The van der Waals surface area contributed by atoms with Gasteiger partial charge in [-0.05, 0) is 77.7 Å². The minimum Gasteiger partial charge on any atom is -0.370 e. The maximum atomic E-state index is 14.8. The van der Waals surface area contributed by atoms with E-state index in [1.165, 1.54) is 10.9 Å². The molecule has 0 unspecified atom stereocenters. The van der Waals surface area contributed by atoms with Gasteiger partial charge in [-0.1, -0.05) is 36.4 Å². The topological polar surface area (TPSA) is 457 Å². The Balaban J connectivity index is 1.46. The van der Waals surface area contributed by atoms with Gasteiger partial charge in [0.15, 0.2) is 17.9 Å². The molecule has 73 heavy (non-hydrogen) atoms. The number of carbonyl (C=O) groups is 6. The zero-order chi connectivity index (χ0) is 53.0. The highest BCUT2D eigenvalue weighted by Crippen LogP contribution is 2.21. The molecule has 0 aliphatic carbocycles. The Morgan fingerprint density at radius 2 is 0.973 bits per heavy atom. The highest BCUT2D eigenvalue weighted by Gasteiger charge is 2.34. The smallest absolute Gasteiger partial charge is 0.245 e. The molecule has 0 aliphatic rings. The number of fused-ring (bicyclic) bond motifs is 2. The lowest BCUT2D eigenvalue weighted by Gasteiger charge is -2.27. The highest BCUT2D eigenvalue weighted by atomic mass is 79.9. The number of para-hydroxylation sites is 2. The van der Waals surface area contributed by atoms with Crippen molar-refractivity contribution in [3.63, 3.8) is 0 Å². The number of aromatic nitrogens is 4. The number of hydrogen-bond acceptors (Lipinski definition) is 11. The minimum absolute atomic E-state index is 0.0302. The largest absolute Gasteiger partial charge is 0.370 e. The summed E-state index contributed by atoms with van der Waals surface area (Å²) in [7, 11) is 0. The number of primary amides is 1. The predicted octanol–water partition coefficient (Wildman–Crippen LogP) is -2.51. The second kappa shape index (κ2) is 27.4. The summed E-state index contributed by atoms with van der Waals surface area (Å²) in [6.45, 7) is 0.255. The Morgan fingerprint density at radius 3 is 1.44 bits per heavy atom. The van der Waals surface area contributed by atoms with Crippen LogP contribution in [0, 0.1) is 0 Å². The van der Waals surface area contributed by atoms with Crippen LogP contribution in [0.15, 0.2) is 92.8 Å². The molecule has 0 bridgehead atoms. The van der Waals surface area contributed by atoms with Crippen LogP contribution in [0.5, 0.6) is 0 Å². The number of aliphatic imine (C=N–C) groups is 3. The number of nitrogens with two attached hydrogens (primary N) is 8. The Bertz CT molecular complexity index is 2770. The maximum Gasteiger partial charge on any atom is 0.245 e. The lowest BCUT2D eigenvalue weighted by Crippen LogP contribution is -2.60. The fourth-order valence-corrected chi connectivity index (χ4v) is 8.19. The summed E-state index contributed by atoms with van der Waals surface area (Å²) >= 11 is 3.37. The van der Waals surface area contributed by atoms with Crippen LogP contribution in [-0.2, 0) is 48.2 Å². The van der Waals surface area contributed by atoms with Gasteiger partial charge in [-0.2, -0.15) is 5.10 Å². The monoisotopic (exact) mass is 1070 g/mol. The quantitative estimate of drug-likeness (QED) is 0.0134. The minimum atomic E-state index is -1.45. The molecular weight excluding hydrogens is 1010 g/mol. The number of rotatable bonds is 29. The molecule has 5 aromatic rings. The van der Waals surface area contributed by atoms with Crippen LogP contribution < -0.4 is 72.5 Å². The molecule has 26 nitrogen and oxygen atoms in total. The number of carbonyl (C=O) groups excluding carboxylic acids is 6. The summed E-state index contributed by atoms with van der Waals surface area (Å²) in [5.41, 5.74) is 47.6. The van der Waals surface area contributed by atoms with Gasteiger partial charge in [-0.3, -0.25) is 48.4 Å². The number of guanidine groups is 3. The molecule has 6 amide bonds. The molecule has 0 fully saturated rings. The third kappa shape index (κ3) is 17.6. The normalized spacial score (nSPS) is 13.6. The molecule has 3 aromatic heterocycles. The van der Waals surface area contributed by atoms with E-state index in [0.717, 1.165) is 21.8 Å². The zero-order valence-electron chi connectivity index (χ0n) is 40.1. The van der Waals surface area contributed by atoms with Crippen molar-refractivity contribution < 1.29 is 28.8 Å². The van der Waals surface area contributed by atoms with E-state index in [9.17, 15) is 28.8 Å². The number of amides is 6. The van der Waals surface area contributed by atoms with Crippen LogP contribution in [0.4, 0.5) is 0 Å². The summed E-state index contributed by atoms with van der Waals surface area (Å²) in [5.74, 6) is -5.02. The van der Waals surface area contributed by atoms with Crippen molar-refractivity contribution >= 4 is 91.1 Å². The van der Waals surface area contributed by atoms with Crippen molar-refractivity contribution in [1.29, 1.82) is 0 Å². The number of nitrogens with one attached hydrogen (secondary N) is 7. The average molecular weight is 1070 g/mol. The first-order valence-corrected chi connectivity index (χ1v) is 24.2. The molecule has 392 valence electrons. The van der Waals surface area contributed by atoms with Gasteiger partial charge in [0.1, 0.15) is 30.2 Å². The van der Waals surface area contributed by atoms with Gasteiger partial charge in [-0.15, -0.1) is 0 Å². The van der Waals surface area contributed by atoms with Crippen LogP contribution in [0.1, 0.15) is 49.7 Å². The first-order chi connectivity index (χ1) is 34.9. The molecule has 0 aliphatic heterocycles. The van der Waals surface area contributed by atoms with E-state index in [4.69, 9.17) is 45.9 Å².